The number of hydrogen-bond donors (Lipinski definition) is 1. The Balaban J connectivity index is 2.84. The Hall–Kier alpha value is -1.37. The van der Waals surface area contributed by atoms with Crippen LogP contribution in [0.1, 0.15) is 18.3 Å². The highest BCUT2D eigenvalue weighted by atomic mass is 19.4. The van der Waals surface area contributed by atoms with Gasteiger partial charge in [0.2, 0.25) is 0 Å². The van der Waals surface area contributed by atoms with Gasteiger partial charge in [-0.2, -0.15) is 18.2 Å². The smallest absolute Gasteiger partial charge is 0.425 e. The second-order valence-electron chi connectivity index (χ2n) is 3.62. The second kappa shape index (κ2) is 5.31. The van der Waals surface area contributed by atoms with Crippen molar-refractivity contribution in [2.24, 2.45) is 0 Å². The summed E-state index contributed by atoms with van der Waals surface area (Å²) in [5.41, 5.74) is 1.15. The topological polar surface area (TPSA) is 47.0 Å². The molecule has 1 aromatic rings. The Kier molecular flexibility index (Phi) is 4.28. The van der Waals surface area contributed by atoms with Gasteiger partial charge in [0.25, 0.3) is 0 Å². The summed E-state index contributed by atoms with van der Waals surface area (Å²) >= 11 is 0. The minimum Gasteiger partial charge on any atom is -0.451 e. The molecule has 0 aliphatic heterocycles. The van der Waals surface area contributed by atoms with Crippen LogP contribution in [0.3, 0.4) is 0 Å². The normalized spacial score (nSPS) is 13.5. The van der Waals surface area contributed by atoms with Gasteiger partial charge in [-0.25, -0.2) is 4.98 Å². The van der Waals surface area contributed by atoms with Gasteiger partial charge in [-0.05, 0) is 27.0 Å². The Morgan fingerprint density at radius 1 is 1.41 bits per heavy atom. The van der Waals surface area contributed by atoms with E-state index >= 15 is 0 Å². The molecule has 96 valence electrons. The first-order valence-electron chi connectivity index (χ1n) is 5.05. The Bertz CT molecular complexity index is 382. The molecule has 1 atom stereocenters. The zero-order chi connectivity index (χ0) is 13.1. The van der Waals surface area contributed by atoms with Gasteiger partial charge >= 0.3 is 12.2 Å². The van der Waals surface area contributed by atoms with E-state index in [1.807, 2.05) is 0 Å². The van der Waals surface area contributed by atoms with Gasteiger partial charge in [-0.1, -0.05) is 0 Å². The van der Waals surface area contributed by atoms with Crippen molar-refractivity contribution in [2.45, 2.75) is 32.7 Å². The van der Waals surface area contributed by atoms with Crippen molar-refractivity contribution in [3.8, 4) is 6.01 Å². The summed E-state index contributed by atoms with van der Waals surface area (Å²) in [6.07, 6.45) is -6.34. The molecule has 1 heterocycles. The number of ether oxygens (including phenoxy) is 1. The first kappa shape index (κ1) is 13.7. The molecule has 0 radical (unpaired) electrons. The lowest BCUT2D eigenvalue weighted by Crippen LogP contribution is -2.32. The first-order valence-corrected chi connectivity index (χ1v) is 5.05. The molecular weight excluding hydrogens is 235 g/mol. The molecule has 1 unspecified atom stereocenters. The molecule has 0 saturated carbocycles. The molecule has 17 heavy (non-hydrogen) atoms. The fourth-order valence-electron chi connectivity index (χ4n) is 1.15. The molecule has 4 nitrogen and oxygen atoms in total. The van der Waals surface area contributed by atoms with E-state index in [1.54, 1.807) is 20.0 Å². The number of rotatable bonds is 4. The molecule has 1 N–H and O–H groups in total. The molecular formula is C10H14F3N3O. The summed E-state index contributed by atoms with van der Waals surface area (Å²) in [5, 5.41) is 2.85. The summed E-state index contributed by atoms with van der Waals surface area (Å²) in [6, 6.07) is 1.43. The number of nitrogens with one attached hydrogen (secondary N) is 1. The number of nitrogens with zero attached hydrogens (tertiary/aromatic N) is 2. The van der Waals surface area contributed by atoms with Crippen LogP contribution in [-0.2, 0) is 6.54 Å². The summed E-state index contributed by atoms with van der Waals surface area (Å²) in [5.74, 6) is 0. The van der Waals surface area contributed by atoms with E-state index in [4.69, 9.17) is 0 Å². The molecule has 0 aliphatic carbocycles. The van der Waals surface area contributed by atoms with Crippen molar-refractivity contribution in [1.29, 1.82) is 0 Å². The van der Waals surface area contributed by atoms with Crippen LogP contribution in [-0.4, -0.2) is 29.3 Å². The van der Waals surface area contributed by atoms with Crippen LogP contribution in [0.5, 0.6) is 6.01 Å². The van der Waals surface area contributed by atoms with Crippen molar-refractivity contribution < 1.29 is 17.9 Å². The minimum atomic E-state index is -4.42. The van der Waals surface area contributed by atoms with E-state index in [0.29, 0.717) is 17.9 Å². The van der Waals surface area contributed by atoms with Gasteiger partial charge in [0.15, 0.2) is 6.10 Å². The lowest BCUT2D eigenvalue weighted by Gasteiger charge is -2.16. The van der Waals surface area contributed by atoms with Crippen molar-refractivity contribution in [3.05, 3.63) is 17.5 Å². The van der Waals surface area contributed by atoms with Gasteiger partial charge < -0.3 is 10.1 Å². The predicted octanol–water partition coefficient (Wildman–Crippen LogP) is 1.83. The monoisotopic (exact) mass is 249 g/mol. The summed E-state index contributed by atoms with van der Waals surface area (Å²) in [6.45, 7) is 3.04. The third-order valence-corrected chi connectivity index (χ3v) is 1.99. The average Bonchev–Trinajstić information content (AvgIpc) is 2.15. The molecule has 0 saturated heterocycles. The Morgan fingerprint density at radius 2 is 2.06 bits per heavy atom. The fourth-order valence-corrected chi connectivity index (χ4v) is 1.15. The van der Waals surface area contributed by atoms with Gasteiger partial charge in [-0.15, -0.1) is 0 Å². The second-order valence-corrected chi connectivity index (χ2v) is 3.62. The minimum absolute atomic E-state index is 0.250. The molecule has 0 fully saturated rings. The van der Waals surface area contributed by atoms with Crippen LogP contribution >= 0.6 is 0 Å². The van der Waals surface area contributed by atoms with Gasteiger partial charge in [-0.3, -0.25) is 0 Å². The molecule has 0 spiro atoms. The van der Waals surface area contributed by atoms with E-state index in [-0.39, 0.29) is 6.01 Å². The van der Waals surface area contributed by atoms with Crippen LogP contribution in [0.25, 0.3) is 0 Å². The Morgan fingerprint density at radius 3 is 2.59 bits per heavy atom. The van der Waals surface area contributed by atoms with Crippen molar-refractivity contribution in [2.75, 3.05) is 7.05 Å². The molecule has 7 heteroatoms. The van der Waals surface area contributed by atoms with Gasteiger partial charge in [0.05, 0.1) is 5.69 Å². The SMILES string of the molecule is CNCc1cc(C)nc(OC(C)C(F)(F)F)n1. The molecule has 0 aromatic carbocycles. The number of aryl methyl sites for hydroxylation is 1. The maximum atomic E-state index is 12.3. The lowest BCUT2D eigenvalue weighted by atomic mass is 10.3. The Labute approximate surface area is 97.2 Å². The maximum absolute atomic E-state index is 12.3. The van der Waals surface area contributed by atoms with Gasteiger partial charge in [0, 0.05) is 12.2 Å². The predicted molar refractivity (Wildman–Crippen MR) is 55.7 cm³/mol. The van der Waals surface area contributed by atoms with E-state index < -0.39 is 12.3 Å². The number of hydrogen-bond acceptors (Lipinski definition) is 4. The molecule has 1 aromatic heterocycles. The van der Waals surface area contributed by atoms with Crippen molar-refractivity contribution in [1.82, 2.24) is 15.3 Å². The summed E-state index contributed by atoms with van der Waals surface area (Å²) in [4.78, 5) is 7.69. The number of alkyl halides is 3. The van der Waals surface area contributed by atoms with Crippen molar-refractivity contribution >= 4 is 0 Å². The molecule has 0 bridgehead atoms. The molecule has 0 aliphatic rings. The van der Waals surface area contributed by atoms with Crippen LogP contribution in [0.15, 0.2) is 6.07 Å². The van der Waals surface area contributed by atoms with E-state index in [2.05, 4.69) is 20.0 Å². The van der Waals surface area contributed by atoms with Crippen LogP contribution in [0.4, 0.5) is 13.2 Å². The molecule has 0 amide bonds. The van der Waals surface area contributed by atoms with E-state index in [1.165, 1.54) is 0 Å². The highest BCUT2D eigenvalue weighted by Crippen LogP contribution is 2.23. The standard InChI is InChI=1S/C10H14F3N3O/c1-6-4-8(5-14-3)16-9(15-6)17-7(2)10(11,12)13/h4,7,14H,5H2,1-3H3. The molecule has 1 rings (SSSR count). The fraction of sp³-hybridized carbons (Fsp3) is 0.600. The first-order chi connectivity index (χ1) is 7.82. The average molecular weight is 249 g/mol. The maximum Gasteiger partial charge on any atom is 0.425 e. The van der Waals surface area contributed by atoms with Crippen LogP contribution in [0, 0.1) is 6.92 Å². The van der Waals surface area contributed by atoms with Gasteiger partial charge in [0.1, 0.15) is 0 Å². The van der Waals surface area contributed by atoms with Crippen molar-refractivity contribution in [3.63, 3.8) is 0 Å². The zero-order valence-electron chi connectivity index (χ0n) is 9.80. The van der Waals surface area contributed by atoms with E-state index in [9.17, 15) is 13.2 Å². The highest BCUT2D eigenvalue weighted by Gasteiger charge is 2.38. The summed E-state index contributed by atoms with van der Waals surface area (Å²) < 4.78 is 41.5. The number of halogens is 3. The largest absolute Gasteiger partial charge is 0.451 e. The zero-order valence-corrected chi connectivity index (χ0v) is 9.80. The van der Waals surface area contributed by atoms with E-state index in [0.717, 1.165) is 6.92 Å². The lowest BCUT2D eigenvalue weighted by molar-refractivity contribution is -0.190. The quantitative estimate of drug-likeness (QED) is 0.884. The third-order valence-electron chi connectivity index (χ3n) is 1.99. The highest BCUT2D eigenvalue weighted by molar-refractivity contribution is 5.12. The van der Waals surface area contributed by atoms with Crippen LogP contribution < -0.4 is 10.1 Å². The third kappa shape index (κ3) is 4.18. The summed E-state index contributed by atoms with van der Waals surface area (Å²) in [7, 11) is 1.72. The van der Waals surface area contributed by atoms with Crippen LogP contribution in [0.2, 0.25) is 0 Å². The number of aromatic nitrogens is 2.